The number of rotatable bonds is 5. The van der Waals surface area contributed by atoms with Crippen LogP contribution in [0.2, 0.25) is 0 Å². The van der Waals surface area contributed by atoms with Gasteiger partial charge in [0.15, 0.2) is 6.54 Å². The molecule has 1 aliphatic carbocycles. The normalized spacial score (nSPS) is 16.5. The summed E-state index contributed by atoms with van der Waals surface area (Å²) in [4.78, 5) is 41.1. The van der Waals surface area contributed by atoms with Crippen molar-refractivity contribution in [3.05, 3.63) is 51.9 Å². The van der Waals surface area contributed by atoms with Gasteiger partial charge < -0.3 is 20.9 Å². The number of nitrogens with one attached hydrogen (secondary N) is 2. The van der Waals surface area contributed by atoms with Crippen LogP contribution in [0.25, 0.3) is 0 Å². The van der Waals surface area contributed by atoms with Gasteiger partial charge in [0.25, 0.3) is 17.7 Å². The number of fused-ring (bicyclic) bond motifs is 1. The van der Waals surface area contributed by atoms with Crippen LogP contribution in [0.1, 0.15) is 37.6 Å². The van der Waals surface area contributed by atoms with Crippen LogP contribution in [0.3, 0.4) is 0 Å². The number of quaternary nitrogens is 1. The molecule has 4 rings (SSSR count). The molecule has 1 aromatic heterocycles. The maximum Gasteiger partial charge on any atom is 0.280 e. The number of thiophene rings is 1. The van der Waals surface area contributed by atoms with E-state index in [1.54, 1.807) is 0 Å². The zero-order chi connectivity index (χ0) is 20.4. The molecule has 0 radical (unpaired) electrons. The summed E-state index contributed by atoms with van der Waals surface area (Å²) in [6.07, 6.45) is 2.83. The second-order valence-electron chi connectivity index (χ2n) is 7.56. The van der Waals surface area contributed by atoms with E-state index < -0.39 is 5.91 Å². The van der Waals surface area contributed by atoms with Crippen molar-refractivity contribution in [3.63, 3.8) is 0 Å². The Morgan fingerprint density at radius 2 is 1.83 bits per heavy atom. The highest BCUT2D eigenvalue weighted by atomic mass is 32.1. The van der Waals surface area contributed by atoms with Crippen LogP contribution < -0.4 is 16.0 Å². The molecule has 4 N–H and O–H groups in total. The second-order valence-corrected chi connectivity index (χ2v) is 8.66. The average Bonchev–Trinajstić information content (AvgIpc) is 3.29. The van der Waals surface area contributed by atoms with Gasteiger partial charge in [0.2, 0.25) is 0 Å². The number of nitrogens with zero attached hydrogens (tertiary/aromatic N) is 1. The van der Waals surface area contributed by atoms with E-state index in [0.717, 1.165) is 47.7 Å². The topological polar surface area (TPSA) is 96.9 Å². The van der Waals surface area contributed by atoms with Crippen LogP contribution in [-0.2, 0) is 17.6 Å². The SMILES string of the molecule is NC(=O)c1c(NC(=O)C[NH+]2CCN(C(=O)c3ccccc3)CC2)sc2c1CCC2. The number of benzene rings is 1. The molecule has 2 aliphatic rings. The van der Waals surface area contributed by atoms with E-state index in [2.05, 4.69) is 5.32 Å². The quantitative estimate of drug-likeness (QED) is 0.658. The minimum atomic E-state index is -0.472. The first kappa shape index (κ1) is 19.6. The Hall–Kier alpha value is -2.71. The zero-order valence-electron chi connectivity index (χ0n) is 16.2. The van der Waals surface area contributed by atoms with Crippen LogP contribution >= 0.6 is 11.3 Å². The largest absolute Gasteiger partial charge is 0.365 e. The van der Waals surface area contributed by atoms with E-state index in [1.807, 2.05) is 35.2 Å². The Morgan fingerprint density at radius 1 is 1.10 bits per heavy atom. The third kappa shape index (κ3) is 4.18. The first-order valence-corrected chi connectivity index (χ1v) is 10.8. The lowest BCUT2D eigenvalue weighted by Crippen LogP contribution is -3.15. The summed E-state index contributed by atoms with van der Waals surface area (Å²) in [5.41, 5.74) is 7.75. The number of amides is 3. The molecule has 1 aliphatic heterocycles. The van der Waals surface area contributed by atoms with Gasteiger partial charge in [0.05, 0.1) is 31.7 Å². The number of primary amides is 1. The molecule has 0 atom stereocenters. The van der Waals surface area contributed by atoms with Gasteiger partial charge in [-0.15, -0.1) is 11.3 Å². The molecule has 2 heterocycles. The van der Waals surface area contributed by atoms with E-state index in [9.17, 15) is 14.4 Å². The number of carbonyl (C=O) groups excluding carboxylic acids is 3. The Kier molecular flexibility index (Phi) is 5.64. The number of nitrogens with two attached hydrogens (primary N) is 1. The molecular formula is C21H25N4O3S+. The lowest BCUT2D eigenvalue weighted by Gasteiger charge is -2.31. The molecule has 1 saturated heterocycles. The van der Waals surface area contributed by atoms with Crippen LogP contribution in [0.4, 0.5) is 5.00 Å². The third-order valence-corrected chi connectivity index (χ3v) is 6.82. The fraction of sp³-hybridized carbons (Fsp3) is 0.381. The van der Waals surface area contributed by atoms with Crippen molar-refractivity contribution >= 4 is 34.1 Å². The highest BCUT2D eigenvalue weighted by molar-refractivity contribution is 7.17. The van der Waals surface area contributed by atoms with E-state index in [4.69, 9.17) is 5.73 Å². The van der Waals surface area contributed by atoms with E-state index in [-0.39, 0.29) is 11.8 Å². The molecule has 2 aromatic rings. The van der Waals surface area contributed by atoms with Gasteiger partial charge in [0, 0.05) is 10.4 Å². The molecule has 1 fully saturated rings. The highest BCUT2D eigenvalue weighted by Crippen LogP contribution is 2.38. The van der Waals surface area contributed by atoms with Crippen molar-refractivity contribution in [3.8, 4) is 0 Å². The van der Waals surface area contributed by atoms with Gasteiger partial charge in [-0.05, 0) is 37.0 Å². The monoisotopic (exact) mass is 413 g/mol. The van der Waals surface area contributed by atoms with Gasteiger partial charge in [0.1, 0.15) is 5.00 Å². The molecule has 7 nitrogen and oxygen atoms in total. The number of carbonyl (C=O) groups is 3. The number of piperazine rings is 1. The predicted molar refractivity (Wildman–Crippen MR) is 111 cm³/mol. The van der Waals surface area contributed by atoms with Crippen LogP contribution in [0.15, 0.2) is 30.3 Å². The van der Waals surface area contributed by atoms with Gasteiger partial charge in [-0.2, -0.15) is 0 Å². The molecule has 0 unspecified atom stereocenters. The summed E-state index contributed by atoms with van der Waals surface area (Å²) >= 11 is 1.47. The molecule has 29 heavy (non-hydrogen) atoms. The van der Waals surface area contributed by atoms with E-state index >= 15 is 0 Å². The molecule has 0 bridgehead atoms. The van der Waals surface area contributed by atoms with E-state index in [0.29, 0.717) is 35.8 Å². The lowest BCUT2D eigenvalue weighted by atomic mass is 10.1. The summed E-state index contributed by atoms with van der Waals surface area (Å²) < 4.78 is 0. The summed E-state index contributed by atoms with van der Waals surface area (Å²) in [5, 5.41) is 3.49. The van der Waals surface area contributed by atoms with Crippen molar-refractivity contribution in [2.75, 3.05) is 38.0 Å². The van der Waals surface area contributed by atoms with Gasteiger partial charge in [-0.25, -0.2) is 0 Å². The molecular weight excluding hydrogens is 388 g/mol. The summed E-state index contributed by atoms with van der Waals surface area (Å²) in [6.45, 7) is 2.99. The second kappa shape index (κ2) is 8.34. The molecule has 8 heteroatoms. The highest BCUT2D eigenvalue weighted by Gasteiger charge is 2.29. The van der Waals surface area contributed by atoms with Crippen molar-refractivity contribution in [1.82, 2.24) is 4.90 Å². The fourth-order valence-corrected chi connectivity index (χ4v) is 5.43. The van der Waals surface area contributed by atoms with Crippen LogP contribution in [0, 0.1) is 0 Å². The summed E-state index contributed by atoms with van der Waals surface area (Å²) in [5.74, 6) is -0.557. The minimum absolute atomic E-state index is 0.0355. The van der Waals surface area contributed by atoms with Gasteiger partial charge in [-0.3, -0.25) is 14.4 Å². The smallest absolute Gasteiger partial charge is 0.280 e. The van der Waals surface area contributed by atoms with Crippen molar-refractivity contribution in [2.45, 2.75) is 19.3 Å². The van der Waals surface area contributed by atoms with Crippen LogP contribution in [0.5, 0.6) is 0 Å². The first-order valence-electron chi connectivity index (χ1n) is 9.95. The Bertz CT molecular complexity index is 933. The maximum absolute atomic E-state index is 12.6. The standard InChI is InChI=1S/C21H24N4O3S/c22-19(27)18-15-7-4-8-16(15)29-20(18)23-17(26)13-24-9-11-25(12-10-24)21(28)14-5-2-1-3-6-14/h1-3,5-6H,4,7-13H2,(H2,22,27)(H,23,26)/p+1. The Balaban J connectivity index is 1.32. The third-order valence-electron chi connectivity index (χ3n) is 5.61. The van der Waals surface area contributed by atoms with E-state index in [1.165, 1.54) is 11.3 Å². The van der Waals surface area contributed by atoms with Gasteiger partial charge in [-0.1, -0.05) is 18.2 Å². The van der Waals surface area contributed by atoms with Gasteiger partial charge >= 0.3 is 0 Å². The van der Waals surface area contributed by atoms with Crippen molar-refractivity contribution < 1.29 is 19.3 Å². The molecule has 0 spiro atoms. The van der Waals surface area contributed by atoms with Crippen molar-refractivity contribution in [1.29, 1.82) is 0 Å². The maximum atomic E-state index is 12.6. The number of hydrogen-bond donors (Lipinski definition) is 3. The Labute approximate surface area is 173 Å². The van der Waals surface area contributed by atoms with Crippen LogP contribution in [-0.4, -0.2) is 55.3 Å². The first-order chi connectivity index (χ1) is 14.0. The number of anilines is 1. The molecule has 3 amide bonds. The number of hydrogen-bond acceptors (Lipinski definition) is 4. The fourth-order valence-electron chi connectivity index (χ4n) is 4.12. The average molecular weight is 414 g/mol. The molecule has 152 valence electrons. The lowest BCUT2D eigenvalue weighted by molar-refractivity contribution is -0.895. The van der Waals surface area contributed by atoms with Crippen molar-refractivity contribution in [2.24, 2.45) is 5.73 Å². The minimum Gasteiger partial charge on any atom is -0.365 e. The molecule has 0 saturated carbocycles. The predicted octanol–water partition coefficient (Wildman–Crippen LogP) is 0.315. The summed E-state index contributed by atoms with van der Waals surface area (Å²) in [7, 11) is 0. The number of aryl methyl sites for hydroxylation is 1. The zero-order valence-corrected chi connectivity index (χ0v) is 17.0. The Morgan fingerprint density at radius 3 is 2.52 bits per heavy atom. The summed E-state index contributed by atoms with van der Waals surface area (Å²) in [6, 6.07) is 9.26. The molecule has 1 aromatic carbocycles.